The quantitative estimate of drug-likeness (QED) is 0.202. The van der Waals surface area contributed by atoms with Crippen molar-refractivity contribution in [2.24, 2.45) is 11.8 Å². The zero-order valence-electron chi connectivity index (χ0n) is 24.6. The molecule has 0 spiro atoms. The van der Waals surface area contributed by atoms with E-state index in [0.717, 1.165) is 17.7 Å². The molecule has 1 aliphatic rings. The van der Waals surface area contributed by atoms with E-state index in [0.29, 0.717) is 19.8 Å². The zero-order valence-corrected chi connectivity index (χ0v) is 25.6. The SMILES string of the molecule is COc1ccc([C@@H]2OC[C@@H](C)[C@H](/C=C\[C@H](C)[C@@H](CCO[Si](C)(C)C(C)(C)C)OCc3ccccc3)O2)cc1. The lowest BCUT2D eigenvalue weighted by atomic mass is 9.97. The van der Waals surface area contributed by atoms with Crippen molar-refractivity contribution < 1.29 is 23.4 Å². The van der Waals surface area contributed by atoms with Gasteiger partial charge in [-0.15, -0.1) is 0 Å². The molecule has 0 saturated carbocycles. The molecular formula is C32H48O5Si. The third kappa shape index (κ3) is 8.78. The Labute approximate surface area is 231 Å². The zero-order chi connectivity index (χ0) is 27.8. The lowest BCUT2D eigenvalue weighted by Gasteiger charge is -2.37. The van der Waals surface area contributed by atoms with Crippen molar-refractivity contribution >= 4 is 8.32 Å². The van der Waals surface area contributed by atoms with Gasteiger partial charge in [0.15, 0.2) is 14.6 Å². The van der Waals surface area contributed by atoms with Crippen LogP contribution in [-0.4, -0.2) is 40.8 Å². The van der Waals surface area contributed by atoms with Gasteiger partial charge in [-0.25, -0.2) is 0 Å². The van der Waals surface area contributed by atoms with E-state index >= 15 is 0 Å². The number of ether oxygens (including phenoxy) is 4. The molecule has 0 amide bonds. The van der Waals surface area contributed by atoms with E-state index in [1.165, 1.54) is 5.56 Å². The summed E-state index contributed by atoms with van der Waals surface area (Å²) in [5.41, 5.74) is 2.18. The van der Waals surface area contributed by atoms with Gasteiger partial charge < -0.3 is 23.4 Å². The second-order valence-corrected chi connectivity index (χ2v) is 16.8. The maximum atomic E-state index is 6.50. The maximum Gasteiger partial charge on any atom is 0.191 e. The Hall–Kier alpha value is -1.96. The predicted octanol–water partition coefficient (Wildman–Crippen LogP) is 7.93. The highest BCUT2D eigenvalue weighted by Crippen LogP contribution is 2.37. The smallest absolute Gasteiger partial charge is 0.191 e. The van der Waals surface area contributed by atoms with E-state index in [9.17, 15) is 0 Å². The van der Waals surface area contributed by atoms with Gasteiger partial charge in [0, 0.05) is 24.0 Å². The molecule has 38 heavy (non-hydrogen) atoms. The Kier molecular flexibility index (Phi) is 11.2. The van der Waals surface area contributed by atoms with Crippen LogP contribution in [0.1, 0.15) is 58.5 Å². The summed E-state index contributed by atoms with van der Waals surface area (Å²) in [5.74, 6) is 1.29. The van der Waals surface area contributed by atoms with Crippen molar-refractivity contribution in [3.8, 4) is 5.75 Å². The van der Waals surface area contributed by atoms with Crippen LogP contribution in [0.3, 0.4) is 0 Å². The summed E-state index contributed by atoms with van der Waals surface area (Å²) in [5, 5.41) is 0.190. The van der Waals surface area contributed by atoms with Gasteiger partial charge in [-0.05, 0) is 42.2 Å². The molecule has 1 aliphatic heterocycles. The highest BCUT2D eigenvalue weighted by molar-refractivity contribution is 6.74. The van der Waals surface area contributed by atoms with E-state index < -0.39 is 8.32 Å². The maximum absolute atomic E-state index is 6.50. The van der Waals surface area contributed by atoms with Crippen LogP contribution in [0.5, 0.6) is 5.75 Å². The number of methoxy groups -OCH3 is 1. The largest absolute Gasteiger partial charge is 0.497 e. The molecule has 0 radical (unpaired) electrons. The molecule has 0 aliphatic carbocycles. The Balaban J connectivity index is 1.65. The minimum Gasteiger partial charge on any atom is -0.497 e. The van der Waals surface area contributed by atoms with Gasteiger partial charge >= 0.3 is 0 Å². The van der Waals surface area contributed by atoms with Crippen LogP contribution in [0.15, 0.2) is 66.7 Å². The highest BCUT2D eigenvalue weighted by Gasteiger charge is 2.37. The average Bonchev–Trinajstić information content (AvgIpc) is 2.90. The first kappa shape index (κ1) is 30.6. The Morgan fingerprint density at radius 2 is 1.74 bits per heavy atom. The van der Waals surface area contributed by atoms with Gasteiger partial charge in [0.05, 0.1) is 32.5 Å². The molecule has 1 fully saturated rings. The first-order valence-corrected chi connectivity index (χ1v) is 16.8. The number of hydrogen-bond acceptors (Lipinski definition) is 5. The van der Waals surface area contributed by atoms with Crippen LogP contribution < -0.4 is 4.74 Å². The molecule has 6 heteroatoms. The van der Waals surface area contributed by atoms with E-state index in [1.54, 1.807) is 7.11 Å². The minimum atomic E-state index is -1.81. The van der Waals surface area contributed by atoms with Crippen LogP contribution in [0.2, 0.25) is 18.1 Å². The summed E-state index contributed by atoms with van der Waals surface area (Å²) in [6.07, 6.45) is 4.93. The van der Waals surface area contributed by atoms with E-state index in [4.69, 9.17) is 23.4 Å². The van der Waals surface area contributed by atoms with E-state index in [2.05, 4.69) is 84.1 Å². The van der Waals surface area contributed by atoms with Crippen molar-refractivity contribution in [1.29, 1.82) is 0 Å². The normalized spacial score (nSPS) is 22.4. The third-order valence-electron chi connectivity index (χ3n) is 7.91. The summed E-state index contributed by atoms with van der Waals surface area (Å²) in [6.45, 7) is 17.8. The van der Waals surface area contributed by atoms with Gasteiger partial charge in [0.25, 0.3) is 0 Å². The van der Waals surface area contributed by atoms with Gasteiger partial charge in [-0.3, -0.25) is 0 Å². The fraction of sp³-hybridized carbons (Fsp3) is 0.562. The molecule has 0 N–H and O–H groups in total. The summed E-state index contributed by atoms with van der Waals surface area (Å²) >= 11 is 0. The molecule has 5 nitrogen and oxygen atoms in total. The second-order valence-electron chi connectivity index (χ2n) is 12.0. The van der Waals surface area contributed by atoms with Gasteiger partial charge in [-0.2, -0.15) is 0 Å². The molecule has 1 saturated heterocycles. The Bertz CT molecular complexity index is 983. The van der Waals surface area contributed by atoms with Crippen LogP contribution in [0.4, 0.5) is 0 Å². The van der Waals surface area contributed by atoms with Crippen LogP contribution in [-0.2, 0) is 25.2 Å². The molecule has 1 heterocycles. The fourth-order valence-electron chi connectivity index (χ4n) is 4.15. The Morgan fingerprint density at radius 1 is 1.05 bits per heavy atom. The summed E-state index contributed by atoms with van der Waals surface area (Å²) in [7, 11) is -0.140. The van der Waals surface area contributed by atoms with Gasteiger partial charge in [0.1, 0.15) is 5.75 Å². The monoisotopic (exact) mass is 540 g/mol. The first-order chi connectivity index (χ1) is 18.0. The number of hydrogen-bond donors (Lipinski definition) is 0. The standard InChI is InChI=1S/C32H48O5Si/c1-24(14-19-30-25(2)22-35-31(37-30)27-15-17-28(33-6)18-16-27)29(34-23-26-12-10-9-11-13-26)20-21-36-38(7,8)32(3,4)5/h9-19,24-25,29-31H,20-23H2,1-8H3/b19-14-/t24-,25+,29+,30-,31+/m0/s1. The molecule has 5 atom stereocenters. The molecule has 0 aromatic heterocycles. The fourth-order valence-corrected chi connectivity index (χ4v) is 5.21. The van der Waals surface area contributed by atoms with Gasteiger partial charge in [-0.1, -0.05) is 89.2 Å². The topological polar surface area (TPSA) is 46.2 Å². The number of benzene rings is 2. The lowest BCUT2D eigenvalue weighted by molar-refractivity contribution is -0.225. The minimum absolute atomic E-state index is 0.0310. The molecule has 2 aromatic carbocycles. The summed E-state index contributed by atoms with van der Waals surface area (Å²) < 4.78 is 30.6. The molecule has 3 rings (SSSR count). The predicted molar refractivity (Wildman–Crippen MR) is 157 cm³/mol. The highest BCUT2D eigenvalue weighted by atomic mass is 28.4. The molecular weight excluding hydrogens is 492 g/mol. The molecule has 0 unspecified atom stereocenters. The van der Waals surface area contributed by atoms with E-state index in [-0.39, 0.29) is 35.4 Å². The lowest BCUT2D eigenvalue weighted by Crippen LogP contribution is -2.41. The summed E-state index contributed by atoms with van der Waals surface area (Å²) in [4.78, 5) is 0. The van der Waals surface area contributed by atoms with Crippen LogP contribution >= 0.6 is 0 Å². The average molecular weight is 541 g/mol. The van der Waals surface area contributed by atoms with Crippen molar-refractivity contribution in [3.05, 3.63) is 77.9 Å². The first-order valence-electron chi connectivity index (χ1n) is 13.9. The van der Waals surface area contributed by atoms with Crippen molar-refractivity contribution in [2.75, 3.05) is 20.3 Å². The van der Waals surface area contributed by atoms with Crippen molar-refractivity contribution in [3.63, 3.8) is 0 Å². The number of rotatable bonds is 12. The Morgan fingerprint density at radius 3 is 2.37 bits per heavy atom. The molecule has 2 aromatic rings. The summed E-state index contributed by atoms with van der Waals surface area (Å²) in [6, 6.07) is 18.2. The third-order valence-corrected chi connectivity index (χ3v) is 12.4. The van der Waals surface area contributed by atoms with Crippen molar-refractivity contribution in [2.45, 2.75) is 84.3 Å². The van der Waals surface area contributed by atoms with Crippen LogP contribution in [0, 0.1) is 11.8 Å². The van der Waals surface area contributed by atoms with Crippen LogP contribution in [0.25, 0.3) is 0 Å². The molecule has 210 valence electrons. The van der Waals surface area contributed by atoms with Gasteiger partial charge in [0.2, 0.25) is 0 Å². The second kappa shape index (κ2) is 13.9. The van der Waals surface area contributed by atoms with E-state index in [1.807, 2.05) is 30.3 Å². The van der Waals surface area contributed by atoms with Crippen molar-refractivity contribution in [1.82, 2.24) is 0 Å². The molecule has 0 bridgehead atoms.